The minimum Gasteiger partial charge on any atom is -0.262 e. The largest absolute Gasteiger partial charge is 0.262 e. The number of halogens is 1. The Morgan fingerprint density at radius 2 is 2.00 bits per heavy atom. The zero-order valence-electron chi connectivity index (χ0n) is 10.1. The Morgan fingerprint density at radius 3 is 2.76 bits per heavy atom. The third-order valence-corrected chi connectivity index (χ3v) is 4.56. The third-order valence-electron chi connectivity index (χ3n) is 3.89. The summed E-state index contributed by atoms with van der Waals surface area (Å²) in [5, 5.41) is 5.87. The second kappa shape index (κ2) is 4.59. The molecule has 90 valence electrons. The Hall–Kier alpha value is -0.580. The lowest BCUT2D eigenvalue weighted by Gasteiger charge is -2.26. The van der Waals surface area contributed by atoms with Gasteiger partial charge in [-0.05, 0) is 66.3 Å². The van der Waals surface area contributed by atoms with Gasteiger partial charge in [-0.3, -0.25) is 4.68 Å². The van der Waals surface area contributed by atoms with Gasteiger partial charge >= 0.3 is 0 Å². The lowest BCUT2D eigenvalue weighted by Crippen LogP contribution is -2.17. The molecular formula is C14H17IN2. The topological polar surface area (TPSA) is 17.8 Å². The van der Waals surface area contributed by atoms with E-state index in [9.17, 15) is 0 Å². The van der Waals surface area contributed by atoms with Crippen molar-refractivity contribution >= 4 is 33.5 Å². The van der Waals surface area contributed by atoms with E-state index in [1.807, 2.05) is 6.20 Å². The van der Waals surface area contributed by atoms with Crippen LogP contribution in [0.15, 0.2) is 24.4 Å². The first-order valence-electron chi connectivity index (χ1n) is 6.37. The molecule has 0 unspecified atom stereocenters. The van der Waals surface area contributed by atoms with Crippen LogP contribution >= 0.6 is 22.6 Å². The average Bonchev–Trinajstić information content (AvgIpc) is 2.73. The van der Waals surface area contributed by atoms with E-state index in [0.717, 1.165) is 5.92 Å². The van der Waals surface area contributed by atoms with Crippen molar-refractivity contribution in [2.45, 2.75) is 38.6 Å². The number of hydrogen-bond donors (Lipinski definition) is 0. The van der Waals surface area contributed by atoms with Crippen molar-refractivity contribution in [3.8, 4) is 0 Å². The zero-order valence-corrected chi connectivity index (χ0v) is 12.2. The number of aromatic nitrogens is 2. The molecule has 3 rings (SSSR count). The van der Waals surface area contributed by atoms with Gasteiger partial charge in [0.25, 0.3) is 0 Å². The van der Waals surface area contributed by atoms with Crippen LogP contribution in [0.1, 0.15) is 38.6 Å². The molecule has 1 aromatic carbocycles. The summed E-state index contributed by atoms with van der Waals surface area (Å²) in [6.07, 6.45) is 7.25. The summed E-state index contributed by atoms with van der Waals surface area (Å²) in [7, 11) is 0. The highest BCUT2D eigenvalue weighted by Crippen LogP contribution is 2.33. The van der Waals surface area contributed by atoms with Crippen molar-refractivity contribution in [3.05, 3.63) is 28.0 Å². The van der Waals surface area contributed by atoms with Crippen LogP contribution in [0, 0.1) is 9.49 Å². The summed E-state index contributed by atoms with van der Waals surface area (Å²) in [5.74, 6) is 0.896. The lowest BCUT2D eigenvalue weighted by molar-refractivity contribution is 0.279. The molecular weight excluding hydrogens is 323 g/mol. The molecule has 1 saturated carbocycles. The van der Waals surface area contributed by atoms with E-state index in [2.05, 4.69) is 57.5 Å². The fourth-order valence-electron chi connectivity index (χ4n) is 2.79. The molecule has 2 nitrogen and oxygen atoms in total. The van der Waals surface area contributed by atoms with Crippen molar-refractivity contribution in [1.29, 1.82) is 0 Å². The Kier molecular flexibility index (Phi) is 3.11. The van der Waals surface area contributed by atoms with Gasteiger partial charge in [0, 0.05) is 8.96 Å². The first kappa shape index (κ1) is 11.5. The van der Waals surface area contributed by atoms with Crippen LogP contribution < -0.4 is 0 Å². The maximum atomic E-state index is 4.60. The van der Waals surface area contributed by atoms with E-state index >= 15 is 0 Å². The molecule has 0 aliphatic heterocycles. The van der Waals surface area contributed by atoms with Crippen LogP contribution in [0.3, 0.4) is 0 Å². The van der Waals surface area contributed by atoms with E-state index < -0.39 is 0 Å². The molecule has 17 heavy (non-hydrogen) atoms. The minimum atomic E-state index is 0.613. The van der Waals surface area contributed by atoms with Crippen LogP contribution in [0.2, 0.25) is 0 Å². The Labute approximate surface area is 116 Å². The molecule has 0 saturated heterocycles. The SMILES string of the molecule is CC1CCC(n2ncc3ccc(I)cc32)CC1. The normalized spacial score (nSPS) is 25.3. The fraction of sp³-hybridized carbons (Fsp3) is 0.500. The van der Waals surface area contributed by atoms with Gasteiger partial charge < -0.3 is 0 Å². The maximum absolute atomic E-state index is 4.60. The van der Waals surface area contributed by atoms with Gasteiger partial charge in [-0.1, -0.05) is 13.0 Å². The molecule has 1 aliphatic carbocycles. The first-order valence-corrected chi connectivity index (χ1v) is 7.44. The van der Waals surface area contributed by atoms with Gasteiger partial charge in [0.05, 0.1) is 17.8 Å². The van der Waals surface area contributed by atoms with Gasteiger partial charge in [-0.15, -0.1) is 0 Å². The predicted octanol–water partition coefficient (Wildman–Crippen LogP) is 4.39. The molecule has 0 amide bonds. The van der Waals surface area contributed by atoms with Crippen molar-refractivity contribution in [3.63, 3.8) is 0 Å². The predicted molar refractivity (Wildman–Crippen MR) is 79.1 cm³/mol. The van der Waals surface area contributed by atoms with Gasteiger partial charge in [-0.2, -0.15) is 5.10 Å². The molecule has 0 atom stereocenters. The number of nitrogens with zero attached hydrogens (tertiary/aromatic N) is 2. The maximum Gasteiger partial charge on any atom is 0.0696 e. The Morgan fingerprint density at radius 1 is 1.24 bits per heavy atom. The van der Waals surface area contributed by atoms with Crippen LogP contribution in [0.4, 0.5) is 0 Å². The van der Waals surface area contributed by atoms with E-state index in [-0.39, 0.29) is 0 Å². The van der Waals surface area contributed by atoms with E-state index in [4.69, 9.17) is 0 Å². The van der Waals surface area contributed by atoms with Crippen molar-refractivity contribution in [2.75, 3.05) is 0 Å². The van der Waals surface area contributed by atoms with Crippen molar-refractivity contribution in [1.82, 2.24) is 9.78 Å². The van der Waals surface area contributed by atoms with Gasteiger partial charge in [0.15, 0.2) is 0 Å². The highest BCUT2D eigenvalue weighted by Gasteiger charge is 2.21. The summed E-state index contributed by atoms with van der Waals surface area (Å²) < 4.78 is 3.55. The molecule has 1 heterocycles. The smallest absolute Gasteiger partial charge is 0.0696 e. The molecule has 0 N–H and O–H groups in total. The average molecular weight is 340 g/mol. The molecule has 0 radical (unpaired) electrons. The third kappa shape index (κ3) is 2.21. The first-order chi connectivity index (χ1) is 8.24. The van der Waals surface area contributed by atoms with Crippen LogP contribution in [-0.2, 0) is 0 Å². The van der Waals surface area contributed by atoms with Gasteiger partial charge in [-0.25, -0.2) is 0 Å². The van der Waals surface area contributed by atoms with Crippen LogP contribution in [-0.4, -0.2) is 9.78 Å². The van der Waals surface area contributed by atoms with Gasteiger partial charge in [0.2, 0.25) is 0 Å². The number of fused-ring (bicyclic) bond motifs is 1. The van der Waals surface area contributed by atoms with E-state index in [0.29, 0.717) is 6.04 Å². The Balaban J connectivity index is 1.97. The highest BCUT2D eigenvalue weighted by atomic mass is 127. The monoisotopic (exact) mass is 340 g/mol. The molecule has 0 spiro atoms. The quantitative estimate of drug-likeness (QED) is 0.704. The lowest BCUT2D eigenvalue weighted by atomic mass is 9.87. The standard InChI is InChI=1S/C14H17IN2/c1-10-2-6-13(7-3-10)17-14-8-12(15)5-4-11(14)9-16-17/h4-5,8-10,13H,2-3,6-7H2,1H3. The van der Waals surface area contributed by atoms with E-state index in [1.165, 1.54) is 40.2 Å². The molecule has 1 aromatic heterocycles. The number of hydrogen-bond acceptors (Lipinski definition) is 1. The van der Waals surface area contributed by atoms with Crippen LogP contribution in [0.25, 0.3) is 10.9 Å². The second-order valence-corrected chi connectivity index (χ2v) is 6.45. The Bertz CT molecular complexity index is 524. The molecule has 1 aliphatic rings. The molecule has 3 heteroatoms. The summed E-state index contributed by atoms with van der Waals surface area (Å²) in [6, 6.07) is 7.19. The van der Waals surface area contributed by atoms with Gasteiger partial charge in [0.1, 0.15) is 0 Å². The van der Waals surface area contributed by atoms with Crippen LogP contribution in [0.5, 0.6) is 0 Å². The zero-order chi connectivity index (χ0) is 11.8. The fourth-order valence-corrected chi connectivity index (χ4v) is 3.26. The second-order valence-electron chi connectivity index (χ2n) is 5.21. The summed E-state index contributed by atoms with van der Waals surface area (Å²) >= 11 is 2.38. The summed E-state index contributed by atoms with van der Waals surface area (Å²) in [6.45, 7) is 2.36. The molecule has 2 aromatic rings. The molecule has 0 bridgehead atoms. The summed E-state index contributed by atoms with van der Waals surface area (Å²) in [4.78, 5) is 0. The van der Waals surface area contributed by atoms with Crippen molar-refractivity contribution in [2.24, 2.45) is 5.92 Å². The number of rotatable bonds is 1. The summed E-state index contributed by atoms with van der Waals surface area (Å²) in [5.41, 5.74) is 1.30. The van der Waals surface area contributed by atoms with Crippen molar-refractivity contribution < 1.29 is 0 Å². The molecule has 1 fully saturated rings. The number of benzene rings is 1. The highest BCUT2D eigenvalue weighted by molar-refractivity contribution is 14.1. The van der Waals surface area contributed by atoms with E-state index in [1.54, 1.807) is 0 Å². The minimum absolute atomic E-state index is 0.613.